The molecule has 5 nitrogen and oxygen atoms in total. The molecule has 1 rings (SSSR count). The molecular formula is C14H33N5. The van der Waals surface area contributed by atoms with Crippen molar-refractivity contribution in [2.45, 2.75) is 0 Å². The van der Waals surface area contributed by atoms with E-state index in [0.29, 0.717) is 0 Å². The molecule has 1 aliphatic heterocycles. The van der Waals surface area contributed by atoms with Crippen molar-refractivity contribution in [2.24, 2.45) is 0 Å². The summed E-state index contributed by atoms with van der Waals surface area (Å²) in [5.74, 6) is 0. The zero-order valence-electron chi connectivity index (χ0n) is 13.4. The van der Waals surface area contributed by atoms with E-state index in [1.807, 2.05) is 0 Å². The van der Waals surface area contributed by atoms with Crippen LogP contribution in [0.4, 0.5) is 0 Å². The first-order valence-corrected chi connectivity index (χ1v) is 7.53. The van der Waals surface area contributed by atoms with Gasteiger partial charge in [-0.1, -0.05) is 0 Å². The second kappa shape index (κ2) is 9.66. The molecule has 0 atom stereocenters. The van der Waals surface area contributed by atoms with E-state index in [1.54, 1.807) is 0 Å². The van der Waals surface area contributed by atoms with Gasteiger partial charge < -0.3 is 20.0 Å². The van der Waals surface area contributed by atoms with Gasteiger partial charge in [0, 0.05) is 65.4 Å². The first-order chi connectivity index (χ1) is 9.08. The molecule has 1 N–H and O–H groups in total. The van der Waals surface area contributed by atoms with Crippen LogP contribution >= 0.6 is 0 Å². The van der Waals surface area contributed by atoms with E-state index in [-0.39, 0.29) is 0 Å². The maximum Gasteiger partial charge on any atom is 0.0110 e. The van der Waals surface area contributed by atoms with E-state index < -0.39 is 0 Å². The van der Waals surface area contributed by atoms with E-state index in [1.165, 1.54) is 39.3 Å². The molecule has 1 aliphatic rings. The Kier molecular flexibility index (Phi) is 8.57. The second-order valence-corrected chi connectivity index (χ2v) is 6.00. The van der Waals surface area contributed by atoms with Crippen molar-refractivity contribution in [3.05, 3.63) is 0 Å². The number of rotatable bonds is 9. The van der Waals surface area contributed by atoms with Crippen molar-refractivity contribution >= 4 is 0 Å². The first kappa shape index (κ1) is 16.9. The summed E-state index contributed by atoms with van der Waals surface area (Å²) in [7, 11) is 8.67. The lowest BCUT2D eigenvalue weighted by Crippen LogP contribution is -2.47. The number of hydrogen-bond acceptors (Lipinski definition) is 5. The van der Waals surface area contributed by atoms with Crippen molar-refractivity contribution in [3.63, 3.8) is 0 Å². The van der Waals surface area contributed by atoms with Crippen LogP contribution in [0.1, 0.15) is 0 Å². The SMILES string of the molecule is CN(C)CCNCCN(C)CCN1CCN(C)CC1. The average molecular weight is 271 g/mol. The molecule has 1 heterocycles. The van der Waals surface area contributed by atoms with Gasteiger partial charge in [0.2, 0.25) is 0 Å². The number of hydrogen-bond donors (Lipinski definition) is 1. The molecule has 114 valence electrons. The van der Waals surface area contributed by atoms with Crippen LogP contribution in [0.15, 0.2) is 0 Å². The van der Waals surface area contributed by atoms with Crippen molar-refractivity contribution < 1.29 is 0 Å². The second-order valence-electron chi connectivity index (χ2n) is 6.00. The summed E-state index contributed by atoms with van der Waals surface area (Å²) in [6.45, 7) is 11.7. The number of likely N-dealkylation sites (N-methyl/N-ethyl adjacent to an activating group) is 3. The van der Waals surface area contributed by atoms with Gasteiger partial charge in [-0.2, -0.15) is 0 Å². The monoisotopic (exact) mass is 271 g/mol. The molecular weight excluding hydrogens is 238 g/mol. The molecule has 0 aromatic heterocycles. The highest BCUT2D eigenvalue weighted by molar-refractivity contribution is 4.70. The Morgan fingerprint density at radius 1 is 0.895 bits per heavy atom. The smallest absolute Gasteiger partial charge is 0.0110 e. The van der Waals surface area contributed by atoms with Crippen molar-refractivity contribution in [3.8, 4) is 0 Å². The van der Waals surface area contributed by atoms with Gasteiger partial charge in [-0.05, 0) is 28.2 Å². The molecule has 0 amide bonds. The van der Waals surface area contributed by atoms with Crippen molar-refractivity contribution in [2.75, 3.05) is 93.6 Å². The lowest BCUT2D eigenvalue weighted by Gasteiger charge is -2.33. The highest BCUT2D eigenvalue weighted by Crippen LogP contribution is 1.98. The van der Waals surface area contributed by atoms with Gasteiger partial charge in [-0.15, -0.1) is 0 Å². The normalized spacial score (nSPS) is 18.6. The molecule has 0 bridgehead atoms. The summed E-state index contributed by atoms with van der Waals surface area (Å²) in [5, 5.41) is 3.49. The van der Waals surface area contributed by atoms with Crippen LogP contribution in [0.25, 0.3) is 0 Å². The quantitative estimate of drug-likeness (QED) is 0.560. The summed E-state index contributed by atoms with van der Waals surface area (Å²) in [6.07, 6.45) is 0. The van der Waals surface area contributed by atoms with Gasteiger partial charge in [0.1, 0.15) is 0 Å². The molecule has 0 aromatic carbocycles. The van der Waals surface area contributed by atoms with Gasteiger partial charge in [0.25, 0.3) is 0 Å². The van der Waals surface area contributed by atoms with E-state index in [2.05, 4.69) is 53.1 Å². The fourth-order valence-corrected chi connectivity index (χ4v) is 2.19. The molecule has 5 heteroatoms. The Bertz CT molecular complexity index is 214. The Morgan fingerprint density at radius 2 is 1.53 bits per heavy atom. The number of nitrogens with one attached hydrogen (secondary N) is 1. The van der Waals surface area contributed by atoms with Crippen LogP contribution in [0.5, 0.6) is 0 Å². The highest BCUT2D eigenvalue weighted by atomic mass is 15.3. The van der Waals surface area contributed by atoms with Crippen LogP contribution in [-0.2, 0) is 0 Å². The van der Waals surface area contributed by atoms with Gasteiger partial charge in [-0.3, -0.25) is 4.90 Å². The minimum atomic E-state index is 1.08. The summed E-state index contributed by atoms with van der Waals surface area (Å²) < 4.78 is 0. The highest BCUT2D eigenvalue weighted by Gasteiger charge is 2.13. The Labute approximate surface area is 119 Å². The Balaban J connectivity index is 1.94. The molecule has 1 saturated heterocycles. The van der Waals surface area contributed by atoms with Gasteiger partial charge >= 0.3 is 0 Å². The van der Waals surface area contributed by atoms with Crippen LogP contribution < -0.4 is 5.32 Å². The summed E-state index contributed by atoms with van der Waals surface area (Å²) >= 11 is 0. The first-order valence-electron chi connectivity index (χ1n) is 7.53. The molecule has 0 radical (unpaired) electrons. The van der Waals surface area contributed by atoms with Gasteiger partial charge in [0.05, 0.1) is 0 Å². The molecule has 0 aromatic rings. The van der Waals surface area contributed by atoms with Crippen molar-refractivity contribution in [1.29, 1.82) is 0 Å². The zero-order chi connectivity index (χ0) is 14.1. The third-order valence-electron chi connectivity index (χ3n) is 3.80. The molecule has 1 fully saturated rings. The lowest BCUT2D eigenvalue weighted by molar-refractivity contribution is 0.141. The fraction of sp³-hybridized carbons (Fsp3) is 1.00. The standard InChI is InChI=1S/C14H33N5/c1-16(2)7-5-15-6-8-17(3)9-12-19-13-10-18(4)11-14-19/h15H,5-14H2,1-4H3. The number of nitrogens with zero attached hydrogens (tertiary/aromatic N) is 4. The largest absolute Gasteiger partial charge is 0.314 e. The molecule has 0 aliphatic carbocycles. The third-order valence-corrected chi connectivity index (χ3v) is 3.80. The topological polar surface area (TPSA) is 25.0 Å². The zero-order valence-corrected chi connectivity index (χ0v) is 13.4. The summed E-state index contributed by atoms with van der Waals surface area (Å²) in [4.78, 5) is 9.63. The average Bonchev–Trinajstić information content (AvgIpc) is 2.37. The van der Waals surface area contributed by atoms with E-state index in [4.69, 9.17) is 0 Å². The Hall–Kier alpha value is -0.200. The predicted octanol–water partition coefficient (Wildman–Crippen LogP) is -0.683. The lowest BCUT2D eigenvalue weighted by atomic mass is 10.3. The van der Waals surface area contributed by atoms with Gasteiger partial charge in [-0.25, -0.2) is 0 Å². The maximum absolute atomic E-state index is 3.49. The minimum absolute atomic E-state index is 1.08. The molecule has 0 saturated carbocycles. The van der Waals surface area contributed by atoms with E-state index in [9.17, 15) is 0 Å². The molecule has 0 spiro atoms. The predicted molar refractivity (Wildman–Crippen MR) is 82.9 cm³/mol. The minimum Gasteiger partial charge on any atom is -0.314 e. The van der Waals surface area contributed by atoms with Gasteiger partial charge in [0.15, 0.2) is 0 Å². The summed E-state index contributed by atoms with van der Waals surface area (Å²) in [5.41, 5.74) is 0. The third kappa shape index (κ3) is 8.55. The number of piperazine rings is 1. The van der Waals surface area contributed by atoms with Crippen LogP contribution in [0.3, 0.4) is 0 Å². The fourth-order valence-electron chi connectivity index (χ4n) is 2.19. The van der Waals surface area contributed by atoms with E-state index in [0.717, 1.165) is 26.2 Å². The Morgan fingerprint density at radius 3 is 2.16 bits per heavy atom. The van der Waals surface area contributed by atoms with Crippen LogP contribution in [0.2, 0.25) is 0 Å². The van der Waals surface area contributed by atoms with Crippen molar-refractivity contribution in [1.82, 2.24) is 24.9 Å². The molecule has 0 unspecified atom stereocenters. The van der Waals surface area contributed by atoms with E-state index >= 15 is 0 Å². The van der Waals surface area contributed by atoms with Crippen LogP contribution in [0, 0.1) is 0 Å². The summed E-state index contributed by atoms with van der Waals surface area (Å²) in [6, 6.07) is 0. The molecule has 19 heavy (non-hydrogen) atoms. The van der Waals surface area contributed by atoms with Crippen LogP contribution in [-0.4, -0.2) is 113 Å². The maximum atomic E-state index is 3.49.